The molecule has 0 aromatic carbocycles. The lowest BCUT2D eigenvalue weighted by Gasteiger charge is -2.33. The topological polar surface area (TPSA) is 55.9 Å². The van der Waals surface area contributed by atoms with Crippen molar-refractivity contribution in [1.29, 1.82) is 0 Å². The van der Waals surface area contributed by atoms with Crippen molar-refractivity contribution >= 4 is 0 Å². The Bertz CT molecular complexity index is 459. The van der Waals surface area contributed by atoms with Gasteiger partial charge in [0.05, 0.1) is 11.7 Å². The van der Waals surface area contributed by atoms with Crippen molar-refractivity contribution in [3.05, 3.63) is 18.0 Å². The van der Waals surface area contributed by atoms with Gasteiger partial charge >= 0.3 is 0 Å². The second kappa shape index (κ2) is 6.09. The highest BCUT2D eigenvalue weighted by molar-refractivity contribution is 5.05. The number of hydrogen-bond acceptors (Lipinski definition) is 3. The van der Waals surface area contributed by atoms with Crippen molar-refractivity contribution in [2.24, 2.45) is 17.2 Å². The van der Waals surface area contributed by atoms with Crippen LogP contribution in [-0.4, -0.2) is 15.8 Å². The second-order valence-corrected chi connectivity index (χ2v) is 7.69. The SMILES string of the molecule is CC1(C)CCCC1C(Cc1ccn(C2CCCC2)n1)NN. The fourth-order valence-corrected chi connectivity index (χ4v) is 4.50. The zero-order chi connectivity index (χ0) is 14.9. The Morgan fingerprint density at radius 3 is 2.71 bits per heavy atom. The third kappa shape index (κ3) is 3.16. The molecule has 21 heavy (non-hydrogen) atoms. The zero-order valence-corrected chi connectivity index (χ0v) is 13.5. The van der Waals surface area contributed by atoms with Gasteiger partial charge in [-0.15, -0.1) is 0 Å². The molecule has 2 fully saturated rings. The maximum Gasteiger partial charge on any atom is 0.0640 e. The van der Waals surface area contributed by atoms with Crippen LogP contribution >= 0.6 is 0 Å². The lowest BCUT2D eigenvalue weighted by Crippen LogP contribution is -2.45. The van der Waals surface area contributed by atoms with Crippen LogP contribution in [0.15, 0.2) is 12.3 Å². The highest BCUT2D eigenvalue weighted by atomic mass is 15.3. The van der Waals surface area contributed by atoms with Gasteiger partial charge in [0.2, 0.25) is 0 Å². The number of aromatic nitrogens is 2. The Hall–Kier alpha value is -0.870. The first-order chi connectivity index (χ1) is 10.1. The molecular formula is C17H30N4. The Kier molecular flexibility index (Phi) is 4.36. The van der Waals surface area contributed by atoms with E-state index in [0.29, 0.717) is 23.4 Å². The van der Waals surface area contributed by atoms with E-state index in [1.807, 2.05) is 0 Å². The molecule has 2 aliphatic rings. The molecule has 2 aliphatic carbocycles. The molecule has 1 heterocycles. The number of nitrogens with one attached hydrogen (secondary N) is 1. The molecule has 4 heteroatoms. The van der Waals surface area contributed by atoms with Gasteiger partial charge < -0.3 is 0 Å². The van der Waals surface area contributed by atoms with E-state index in [2.05, 4.69) is 36.2 Å². The minimum absolute atomic E-state index is 0.342. The molecule has 2 atom stereocenters. The Labute approximate surface area is 128 Å². The van der Waals surface area contributed by atoms with E-state index in [1.54, 1.807) is 0 Å². The average Bonchev–Trinajstić information content (AvgIpc) is 3.15. The molecule has 3 rings (SSSR count). The minimum atomic E-state index is 0.342. The summed E-state index contributed by atoms with van der Waals surface area (Å²) in [4.78, 5) is 0. The molecule has 4 nitrogen and oxygen atoms in total. The molecule has 118 valence electrons. The number of rotatable bonds is 5. The zero-order valence-electron chi connectivity index (χ0n) is 13.5. The summed E-state index contributed by atoms with van der Waals surface area (Å²) in [6.45, 7) is 4.76. The normalized spacial score (nSPS) is 27.3. The molecule has 2 unspecified atom stereocenters. The van der Waals surface area contributed by atoms with Gasteiger partial charge in [-0.05, 0) is 43.1 Å². The number of nitrogens with zero attached hydrogens (tertiary/aromatic N) is 2. The molecule has 1 aromatic heterocycles. The van der Waals surface area contributed by atoms with Gasteiger partial charge in [0.25, 0.3) is 0 Å². The molecule has 2 saturated carbocycles. The summed E-state index contributed by atoms with van der Waals surface area (Å²) < 4.78 is 2.19. The summed E-state index contributed by atoms with van der Waals surface area (Å²) in [6.07, 6.45) is 12.3. The summed E-state index contributed by atoms with van der Waals surface area (Å²) >= 11 is 0. The van der Waals surface area contributed by atoms with Gasteiger partial charge in [0, 0.05) is 18.7 Å². The van der Waals surface area contributed by atoms with Crippen LogP contribution in [-0.2, 0) is 6.42 Å². The molecule has 0 spiro atoms. The van der Waals surface area contributed by atoms with E-state index in [0.717, 1.165) is 6.42 Å². The maximum absolute atomic E-state index is 5.87. The van der Waals surface area contributed by atoms with Crippen molar-refractivity contribution in [1.82, 2.24) is 15.2 Å². The summed E-state index contributed by atoms with van der Waals surface area (Å²) in [7, 11) is 0. The van der Waals surface area contributed by atoms with E-state index >= 15 is 0 Å². The molecule has 0 amide bonds. The summed E-state index contributed by atoms with van der Waals surface area (Å²) in [5, 5.41) is 4.82. The second-order valence-electron chi connectivity index (χ2n) is 7.69. The lowest BCUT2D eigenvalue weighted by atomic mass is 9.76. The summed E-state index contributed by atoms with van der Waals surface area (Å²) in [5.74, 6) is 6.52. The monoisotopic (exact) mass is 290 g/mol. The van der Waals surface area contributed by atoms with Crippen LogP contribution < -0.4 is 11.3 Å². The Morgan fingerprint density at radius 2 is 2.10 bits per heavy atom. The van der Waals surface area contributed by atoms with Crippen molar-refractivity contribution in [3.8, 4) is 0 Å². The van der Waals surface area contributed by atoms with E-state index in [9.17, 15) is 0 Å². The molecule has 1 aromatic rings. The Morgan fingerprint density at radius 1 is 1.33 bits per heavy atom. The van der Waals surface area contributed by atoms with E-state index in [1.165, 1.54) is 50.6 Å². The van der Waals surface area contributed by atoms with E-state index in [4.69, 9.17) is 10.9 Å². The predicted molar refractivity (Wildman–Crippen MR) is 85.7 cm³/mol. The van der Waals surface area contributed by atoms with Crippen LogP contribution in [0.4, 0.5) is 0 Å². The predicted octanol–water partition coefficient (Wildman–Crippen LogP) is 3.20. The fourth-order valence-electron chi connectivity index (χ4n) is 4.50. The van der Waals surface area contributed by atoms with Crippen molar-refractivity contribution in [2.75, 3.05) is 0 Å². The molecule has 0 radical (unpaired) electrons. The van der Waals surface area contributed by atoms with Crippen LogP contribution in [0, 0.1) is 11.3 Å². The van der Waals surface area contributed by atoms with Crippen LogP contribution in [0.3, 0.4) is 0 Å². The fraction of sp³-hybridized carbons (Fsp3) is 0.824. The van der Waals surface area contributed by atoms with Crippen molar-refractivity contribution in [3.63, 3.8) is 0 Å². The van der Waals surface area contributed by atoms with E-state index < -0.39 is 0 Å². The van der Waals surface area contributed by atoms with Crippen molar-refractivity contribution < 1.29 is 0 Å². The largest absolute Gasteiger partial charge is 0.271 e. The highest BCUT2D eigenvalue weighted by Crippen LogP contribution is 2.44. The smallest absolute Gasteiger partial charge is 0.0640 e. The lowest BCUT2D eigenvalue weighted by molar-refractivity contribution is 0.195. The molecule has 0 saturated heterocycles. The highest BCUT2D eigenvalue weighted by Gasteiger charge is 2.39. The summed E-state index contributed by atoms with van der Waals surface area (Å²) in [6, 6.07) is 3.16. The molecule has 0 bridgehead atoms. The number of hydrogen-bond donors (Lipinski definition) is 2. The van der Waals surface area contributed by atoms with Crippen LogP contribution in [0.5, 0.6) is 0 Å². The van der Waals surface area contributed by atoms with Gasteiger partial charge in [-0.25, -0.2) is 0 Å². The summed E-state index contributed by atoms with van der Waals surface area (Å²) in [5.41, 5.74) is 4.66. The van der Waals surface area contributed by atoms with Gasteiger partial charge in [0.15, 0.2) is 0 Å². The Balaban J connectivity index is 1.66. The number of hydrazine groups is 1. The average molecular weight is 290 g/mol. The first-order valence-electron chi connectivity index (χ1n) is 8.60. The van der Waals surface area contributed by atoms with Crippen molar-refractivity contribution in [2.45, 2.75) is 77.3 Å². The maximum atomic E-state index is 5.87. The first-order valence-corrected chi connectivity index (χ1v) is 8.60. The minimum Gasteiger partial charge on any atom is -0.271 e. The molecular weight excluding hydrogens is 260 g/mol. The van der Waals surface area contributed by atoms with Gasteiger partial charge in [0.1, 0.15) is 0 Å². The first kappa shape index (κ1) is 15.0. The molecule has 3 N–H and O–H groups in total. The third-order valence-electron chi connectivity index (χ3n) is 5.83. The van der Waals surface area contributed by atoms with Gasteiger partial charge in [-0.2, -0.15) is 5.10 Å². The standard InChI is InChI=1S/C17H30N4/c1-17(2)10-5-8-15(17)16(19-18)12-13-9-11-21(20-13)14-6-3-4-7-14/h9,11,14-16,19H,3-8,10,12,18H2,1-2H3. The van der Waals surface area contributed by atoms with Crippen LogP contribution in [0.25, 0.3) is 0 Å². The quantitative estimate of drug-likeness (QED) is 0.647. The third-order valence-corrected chi connectivity index (χ3v) is 5.83. The van der Waals surface area contributed by atoms with Crippen LogP contribution in [0.1, 0.15) is 70.5 Å². The van der Waals surface area contributed by atoms with E-state index in [-0.39, 0.29) is 0 Å². The number of nitrogens with two attached hydrogens (primary N) is 1. The van der Waals surface area contributed by atoms with Crippen LogP contribution in [0.2, 0.25) is 0 Å². The molecule has 0 aliphatic heterocycles. The van der Waals surface area contributed by atoms with Gasteiger partial charge in [-0.3, -0.25) is 16.0 Å². The van der Waals surface area contributed by atoms with Gasteiger partial charge in [-0.1, -0.05) is 33.1 Å².